The SMILES string of the molecule is O=C(NCCCOCCBr)c1ccc(I)c(O)c1. The quantitative estimate of drug-likeness (QED) is 0.399. The Morgan fingerprint density at radius 2 is 2.22 bits per heavy atom. The van der Waals surface area contributed by atoms with Gasteiger partial charge in [-0.1, -0.05) is 15.9 Å². The van der Waals surface area contributed by atoms with Crippen LogP contribution in [0, 0.1) is 3.57 Å². The minimum absolute atomic E-state index is 0.129. The zero-order chi connectivity index (χ0) is 13.4. The summed E-state index contributed by atoms with van der Waals surface area (Å²) in [6, 6.07) is 4.88. The average Bonchev–Trinajstić information content (AvgIpc) is 2.36. The number of nitrogens with one attached hydrogen (secondary N) is 1. The summed E-state index contributed by atoms with van der Waals surface area (Å²) in [5.74, 6) is -0.0499. The lowest BCUT2D eigenvalue weighted by molar-refractivity contribution is 0.0944. The van der Waals surface area contributed by atoms with Gasteiger partial charge in [0.1, 0.15) is 5.75 Å². The van der Waals surface area contributed by atoms with Gasteiger partial charge in [0.2, 0.25) is 0 Å². The van der Waals surface area contributed by atoms with E-state index in [4.69, 9.17) is 4.74 Å². The van der Waals surface area contributed by atoms with Crippen LogP contribution in [-0.4, -0.2) is 36.1 Å². The molecule has 6 heteroatoms. The van der Waals surface area contributed by atoms with Gasteiger partial charge in [-0.25, -0.2) is 0 Å². The van der Waals surface area contributed by atoms with Gasteiger partial charge < -0.3 is 15.2 Å². The fourth-order valence-electron chi connectivity index (χ4n) is 1.29. The van der Waals surface area contributed by atoms with Crippen molar-refractivity contribution in [2.75, 3.05) is 25.1 Å². The van der Waals surface area contributed by atoms with E-state index in [1.165, 1.54) is 6.07 Å². The van der Waals surface area contributed by atoms with E-state index >= 15 is 0 Å². The van der Waals surface area contributed by atoms with Gasteiger partial charge in [-0.15, -0.1) is 0 Å². The van der Waals surface area contributed by atoms with Gasteiger partial charge in [0.15, 0.2) is 0 Å². The molecule has 0 aliphatic rings. The number of aromatic hydroxyl groups is 1. The fourth-order valence-corrected chi connectivity index (χ4v) is 1.85. The van der Waals surface area contributed by atoms with Crippen molar-refractivity contribution in [2.45, 2.75) is 6.42 Å². The molecule has 0 saturated carbocycles. The Morgan fingerprint density at radius 3 is 2.89 bits per heavy atom. The summed E-state index contributed by atoms with van der Waals surface area (Å²) < 4.78 is 5.99. The molecule has 0 spiro atoms. The maximum atomic E-state index is 11.7. The molecule has 0 atom stereocenters. The van der Waals surface area contributed by atoms with Crippen LogP contribution in [-0.2, 0) is 4.74 Å². The minimum atomic E-state index is -0.179. The number of halogens is 2. The molecule has 1 aromatic rings. The van der Waals surface area contributed by atoms with Gasteiger partial charge in [0, 0.05) is 24.0 Å². The Balaban J connectivity index is 2.30. The molecule has 0 aliphatic heterocycles. The summed E-state index contributed by atoms with van der Waals surface area (Å²) >= 11 is 5.28. The maximum absolute atomic E-state index is 11.7. The highest BCUT2D eigenvalue weighted by Crippen LogP contribution is 2.20. The third-order valence-corrected chi connectivity index (χ3v) is 3.42. The van der Waals surface area contributed by atoms with Crippen LogP contribution in [0.2, 0.25) is 0 Å². The average molecular weight is 428 g/mol. The molecule has 0 bridgehead atoms. The normalized spacial score (nSPS) is 10.3. The molecule has 100 valence electrons. The van der Waals surface area contributed by atoms with Crippen molar-refractivity contribution in [1.82, 2.24) is 5.32 Å². The van der Waals surface area contributed by atoms with Gasteiger partial charge in [0.05, 0.1) is 10.2 Å². The van der Waals surface area contributed by atoms with Crippen LogP contribution in [0.1, 0.15) is 16.8 Å². The van der Waals surface area contributed by atoms with E-state index < -0.39 is 0 Å². The predicted molar refractivity (Wildman–Crippen MR) is 82.4 cm³/mol. The minimum Gasteiger partial charge on any atom is -0.507 e. The lowest BCUT2D eigenvalue weighted by Gasteiger charge is -2.06. The monoisotopic (exact) mass is 427 g/mol. The number of benzene rings is 1. The number of rotatable bonds is 7. The molecule has 1 rings (SSSR count). The van der Waals surface area contributed by atoms with Crippen molar-refractivity contribution in [3.63, 3.8) is 0 Å². The zero-order valence-electron chi connectivity index (χ0n) is 9.79. The summed E-state index contributed by atoms with van der Waals surface area (Å²) in [4.78, 5) is 11.7. The topological polar surface area (TPSA) is 58.6 Å². The molecule has 0 radical (unpaired) electrons. The highest BCUT2D eigenvalue weighted by molar-refractivity contribution is 14.1. The van der Waals surface area contributed by atoms with E-state index in [-0.39, 0.29) is 11.7 Å². The Labute approximate surface area is 128 Å². The third-order valence-electron chi connectivity index (χ3n) is 2.18. The Bertz CT molecular complexity index is 401. The van der Waals surface area contributed by atoms with Gasteiger partial charge >= 0.3 is 0 Å². The van der Waals surface area contributed by atoms with Crippen molar-refractivity contribution < 1.29 is 14.6 Å². The summed E-state index contributed by atoms with van der Waals surface area (Å²) in [7, 11) is 0. The number of hydrogen-bond acceptors (Lipinski definition) is 3. The second-order valence-corrected chi connectivity index (χ2v) is 5.53. The lowest BCUT2D eigenvalue weighted by atomic mass is 10.2. The molecular weight excluding hydrogens is 413 g/mol. The Hall–Kier alpha value is -0.340. The van der Waals surface area contributed by atoms with Crippen molar-refractivity contribution >= 4 is 44.4 Å². The first-order valence-corrected chi connectivity index (χ1v) is 7.75. The second kappa shape index (κ2) is 8.71. The highest BCUT2D eigenvalue weighted by atomic mass is 127. The number of phenols is 1. The summed E-state index contributed by atoms with van der Waals surface area (Å²) in [5, 5.41) is 13.1. The second-order valence-electron chi connectivity index (χ2n) is 3.58. The third kappa shape index (κ3) is 5.53. The molecule has 0 heterocycles. The number of ether oxygens (including phenoxy) is 1. The molecule has 0 unspecified atom stereocenters. The van der Waals surface area contributed by atoms with E-state index in [2.05, 4.69) is 21.2 Å². The molecule has 2 N–H and O–H groups in total. The van der Waals surface area contributed by atoms with E-state index in [1.807, 2.05) is 22.6 Å². The number of phenolic OH excluding ortho intramolecular Hbond substituents is 1. The van der Waals surface area contributed by atoms with Crippen LogP contribution < -0.4 is 5.32 Å². The van der Waals surface area contributed by atoms with Gasteiger partial charge in [0.25, 0.3) is 5.91 Å². The standard InChI is InChI=1S/C12H15BrINO3/c13-4-7-18-6-1-5-15-12(17)9-2-3-10(14)11(16)8-9/h2-3,8,16H,1,4-7H2,(H,15,17). The molecule has 18 heavy (non-hydrogen) atoms. The number of carbonyl (C=O) groups is 1. The highest BCUT2D eigenvalue weighted by Gasteiger charge is 2.07. The first-order chi connectivity index (χ1) is 8.65. The summed E-state index contributed by atoms with van der Waals surface area (Å²) in [6.45, 7) is 1.87. The van der Waals surface area contributed by atoms with Crippen LogP contribution in [0.3, 0.4) is 0 Å². The van der Waals surface area contributed by atoms with Crippen molar-refractivity contribution in [3.8, 4) is 5.75 Å². The van der Waals surface area contributed by atoms with Gasteiger partial charge in [-0.2, -0.15) is 0 Å². The van der Waals surface area contributed by atoms with E-state index in [9.17, 15) is 9.90 Å². The fraction of sp³-hybridized carbons (Fsp3) is 0.417. The van der Waals surface area contributed by atoms with E-state index in [1.54, 1.807) is 12.1 Å². The zero-order valence-corrected chi connectivity index (χ0v) is 13.5. The van der Waals surface area contributed by atoms with Crippen LogP contribution in [0.25, 0.3) is 0 Å². The van der Waals surface area contributed by atoms with E-state index in [0.717, 1.165) is 15.3 Å². The van der Waals surface area contributed by atoms with Crippen molar-refractivity contribution in [1.29, 1.82) is 0 Å². The van der Waals surface area contributed by atoms with Gasteiger partial charge in [-0.05, 0) is 47.2 Å². The number of hydrogen-bond donors (Lipinski definition) is 2. The maximum Gasteiger partial charge on any atom is 0.251 e. The lowest BCUT2D eigenvalue weighted by Crippen LogP contribution is -2.25. The first-order valence-electron chi connectivity index (χ1n) is 5.55. The van der Waals surface area contributed by atoms with Gasteiger partial charge in [-0.3, -0.25) is 4.79 Å². The predicted octanol–water partition coefficient (Wildman–Crippen LogP) is 2.53. The molecule has 0 aromatic heterocycles. The molecule has 4 nitrogen and oxygen atoms in total. The van der Waals surface area contributed by atoms with Crippen molar-refractivity contribution in [3.05, 3.63) is 27.3 Å². The van der Waals surface area contributed by atoms with Crippen LogP contribution in [0.4, 0.5) is 0 Å². The number of carbonyl (C=O) groups excluding carboxylic acids is 1. The largest absolute Gasteiger partial charge is 0.507 e. The van der Waals surface area contributed by atoms with Crippen LogP contribution in [0.5, 0.6) is 5.75 Å². The molecule has 0 fully saturated rings. The number of amides is 1. The molecule has 0 aliphatic carbocycles. The summed E-state index contributed by atoms with van der Waals surface area (Å²) in [6.07, 6.45) is 0.773. The van der Waals surface area contributed by atoms with E-state index in [0.29, 0.717) is 25.3 Å². The molecule has 0 saturated heterocycles. The Morgan fingerprint density at radius 1 is 1.44 bits per heavy atom. The molecular formula is C12H15BrINO3. The molecule has 1 amide bonds. The Kier molecular flexibility index (Phi) is 7.60. The first kappa shape index (κ1) is 15.7. The molecule has 1 aromatic carbocycles. The number of alkyl halides is 1. The smallest absolute Gasteiger partial charge is 0.251 e. The van der Waals surface area contributed by atoms with Crippen LogP contribution >= 0.6 is 38.5 Å². The summed E-state index contributed by atoms with van der Waals surface area (Å²) in [5.41, 5.74) is 0.467. The van der Waals surface area contributed by atoms with Crippen molar-refractivity contribution in [2.24, 2.45) is 0 Å². The van der Waals surface area contributed by atoms with Crippen LogP contribution in [0.15, 0.2) is 18.2 Å².